The molecule has 3 heteroatoms. The quantitative estimate of drug-likeness (QED) is 0.830. The van der Waals surface area contributed by atoms with Gasteiger partial charge in [-0.25, -0.2) is 4.39 Å². The molecule has 0 radical (unpaired) electrons. The van der Waals surface area contributed by atoms with Crippen molar-refractivity contribution in [2.75, 3.05) is 7.11 Å². The van der Waals surface area contributed by atoms with E-state index < -0.39 is 0 Å². The molecule has 1 aliphatic carbocycles. The Morgan fingerprint density at radius 1 is 1.47 bits per heavy atom. The Bertz CT molecular complexity index is 349. The largest absolute Gasteiger partial charge is 0.496 e. The number of methoxy groups -OCH3 is 1. The van der Waals surface area contributed by atoms with Crippen LogP contribution in [0.4, 0.5) is 4.39 Å². The molecular formula is C12H16FNO. The van der Waals surface area contributed by atoms with E-state index in [0.717, 1.165) is 18.4 Å². The summed E-state index contributed by atoms with van der Waals surface area (Å²) in [5.74, 6) is 0.928. The van der Waals surface area contributed by atoms with Crippen molar-refractivity contribution in [1.29, 1.82) is 0 Å². The average molecular weight is 209 g/mol. The molecule has 1 atom stereocenters. The monoisotopic (exact) mass is 209 g/mol. The summed E-state index contributed by atoms with van der Waals surface area (Å²) < 4.78 is 18.3. The molecule has 0 amide bonds. The van der Waals surface area contributed by atoms with Gasteiger partial charge in [-0.15, -0.1) is 0 Å². The van der Waals surface area contributed by atoms with Gasteiger partial charge in [-0.3, -0.25) is 0 Å². The Hall–Kier alpha value is -1.09. The van der Waals surface area contributed by atoms with Gasteiger partial charge in [-0.1, -0.05) is 6.42 Å². The predicted molar refractivity (Wildman–Crippen MR) is 57.2 cm³/mol. The first-order valence-corrected chi connectivity index (χ1v) is 5.31. The molecule has 0 saturated heterocycles. The summed E-state index contributed by atoms with van der Waals surface area (Å²) in [5.41, 5.74) is 6.89. The van der Waals surface area contributed by atoms with Crippen LogP contribution < -0.4 is 10.5 Å². The summed E-state index contributed by atoms with van der Waals surface area (Å²) >= 11 is 0. The van der Waals surface area contributed by atoms with Crippen LogP contribution in [0.3, 0.4) is 0 Å². The number of hydrogen-bond donors (Lipinski definition) is 1. The second-order valence-electron chi connectivity index (χ2n) is 4.10. The molecule has 1 unspecified atom stereocenters. The second-order valence-corrected chi connectivity index (χ2v) is 4.10. The highest BCUT2D eigenvalue weighted by molar-refractivity contribution is 5.36. The third-order valence-corrected chi connectivity index (χ3v) is 3.21. The second kappa shape index (κ2) is 4.19. The lowest BCUT2D eigenvalue weighted by atomic mass is 9.77. The average Bonchev–Trinajstić information content (AvgIpc) is 2.15. The Morgan fingerprint density at radius 3 is 2.73 bits per heavy atom. The van der Waals surface area contributed by atoms with Crippen LogP contribution in [0.25, 0.3) is 0 Å². The van der Waals surface area contributed by atoms with E-state index in [0.29, 0.717) is 11.7 Å². The summed E-state index contributed by atoms with van der Waals surface area (Å²) in [6.07, 6.45) is 3.51. The Kier molecular flexibility index (Phi) is 2.91. The van der Waals surface area contributed by atoms with Crippen LogP contribution in [0.15, 0.2) is 18.2 Å². The number of ether oxygens (including phenoxy) is 1. The summed E-state index contributed by atoms with van der Waals surface area (Å²) in [6.45, 7) is 0. The van der Waals surface area contributed by atoms with Gasteiger partial charge < -0.3 is 10.5 Å². The number of benzene rings is 1. The van der Waals surface area contributed by atoms with Crippen molar-refractivity contribution in [3.63, 3.8) is 0 Å². The minimum atomic E-state index is -0.249. The molecule has 0 heterocycles. The molecule has 0 spiro atoms. The maximum Gasteiger partial charge on any atom is 0.123 e. The van der Waals surface area contributed by atoms with E-state index in [-0.39, 0.29) is 11.9 Å². The van der Waals surface area contributed by atoms with Crippen LogP contribution in [0.1, 0.15) is 30.9 Å². The highest BCUT2D eigenvalue weighted by atomic mass is 19.1. The molecule has 0 bridgehead atoms. The first kappa shape index (κ1) is 10.4. The van der Waals surface area contributed by atoms with Gasteiger partial charge in [-0.2, -0.15) is 0 Å². The predicted octanol–water partition coefficient (Wildman–Crippen LogP) is 2.63. The number of halogens is 1. The third kappa shape index (κ3) is 1.97. The lowest BCUT2D eigenvalue weighted by Gasteiger charge is -2.32. The van der Waals surface area contributed by atoms with Crippen molar-refractivity contribution in [1.82, 2.24) is 0 Å². The summed E-state index contributed by atoms with van der Waals surface area (Å²) in [4.78, 5) is 0. The van der Waals surface area contributed by atoms with Gasteiger partial charge in [0.1, 0.15) is 11.6 Å². The van der Waals surface area contributed by atoms with Crippen LogP contribution in [-0.2, 0) is 0 Å². The molecule has 0 aromatic heterocycles. The van der Waals surface area contributed by atoms with E-state index in [1.54, 1.807) is 13.2 Å². The molecule has 2 rings (SSSR count). The topological polar surface area (TPSA) is 35.2 Å². The first-order chi connectivity index (χ1) is 7.22. The minimum absolute atomic E-state index is 0.0931. The fraction of sp³-hybridized carbons (Fsp3) is 0.500. The van der Waals surface area contributed by atoms with E-state index in [1.165, 1.54) is 18.6 Å². The Morgan fingerprint density at radius 2 is 2.20 bits per heavy atom. The van der Waals surface area contributed by atoms with Crippen LogP contribution >= 0.6 is 0 Å². The standard InChI is InChI=1S/C12H16FNO/c1-15-11-6-5-9(13)7-10(11)12(14)8-3-2-4-8/h5-8,12H,2-4,14H2,1H3. The molecule has 82 valence electrons. The van der Waals surface area contributed by atoms with Crippen molar-refractivity contribution in [2.45, 2.75) is 25.3 Å². The molecule has 15 heavy (non-hydrogen) atoms. The molecule has 1 saturated carbocycles. The fourth-order valence-corrected chi connectivity index (χ4v) is 2.02. The minimum Gasteiger partial charge on any atom is -0.496 e. The van der Waals surface area contributed by atoms with Crippen molar-refractivity contribution in [2.24, 2.45) is 11.7 Å². The van der Waals surface area contributed by atoms with Gasteiger partial charge in [0, 0.05) is 11.6 Å². The number of nitrogens with two attached hydrogens (primary N) is 1. The summed E-state index contributed by atoms with van der Waals surface area (Å²) in [5, 5.41) is 0. The zero-order chi connectivity index (χ0) is 10.8. The van der Waals surface area contributed by atoms with Gasteiger partial charge >= 0.3 is 0 Å². The molecule has 0 aliphatic heterocycles. The van der Waals surface area contributed by atoms with Gasteiger partial charge in [-0.05, 0) is 37.0 Å². The fourth-order valence-electron chi connectivity index (χ4n) is 2.02. The molecule has 1 aromatic rings. The zero-order valence-electron chi connectivity index (χ0n) is 8.87. The van der Waals surface area contributed by atoms with E-state index >= 15 is 0 Å². The van der Waals surface area contributed by atoms with Crippen molar-refractivity contribution >= 4 is 0 Å². The normalized spacial score (nSPS) is 18.3. The summed E-state index contributed by atoms with van der Waals surface area (Å²) in [7, 11) is 1.59. The van der Waals surface area contributed by atoms with Gasteiger partial charge in [0.2, 0.25) is 0 Å². The third-order valence-electron chi connectivity index (χ3n) is 3.21. The van der Waals surface area contributed by atoms with E-state index in [4.69, 9.17) is 10.5 Å². The van der Waals surface area contributed by atoms with Crippen LogP contribution in [-0.4, -0.2) is 7.11 Å². The van der Waals surface area contributed by atoms with E-state index in [1.807, 2.05) is 0 Å². The SMILES string of the molecule is COc1ccc(F)cc1C(N)C1CCC1. The van der Waals surface area contributed by atoms with Crippen LogP contribution in [0.2, 0.25) is 0 Å². The Balaban J connectivity index is 2.27. The smallest absolute Gasteiger partial charge is 0.123 e. The highest BCUT2D eigenvalue weighted by Gasteiger charge is 2.27. The van der Waals surface area contributed by atoms with Crippen molar-refractivity contribution in [3.8, 4) is 5.75 Å². The highest BCUT2D eigenvalue weighted by Crippen LogP contribution is 2.39. The van der Waals surface area contributed by atoms with Gasteiger partial charge in [0.05, 0.1) is 7.11 Å². The van der Waals surface area contributed by atoms with Gasteiger partial charge in [0.15, 0.2) is 0 Å². The number of rotatable bonds is 3. The lowest BCUT2D eigenvalue weighted by molar-refractivity contribution is 0.259. The first-order valence-electron chi connectivity index (χ1n) is 5.31. The van der Waals surface area contributed by atoms with E-state index in [9.17, 15) is 4.39 Å². The molecule has 2 N–H and O–H groups in total. The molecule has 1 fully saturated rings. The zero-order valence-corrected chi connectivity index (χ0v) is 8.87. The maximum absolute atomic E-state index is 13.1. The lowest BCUT2D eigenvalue weighted by Crippen LogP contribution is -2.27. The van der Waals surface area contributed by atoms with Gasteiger partial charge in [0.25, 0.3) is 0 Å². The Labute approximate surface area is 89.2 Å². The van der Waals surface area contributed by atoms with Crippen molar-refractivity contribution in [3.05, 3.63) is 29.6 Å². The van der Waals surface area contributed by atoms with E-state index in [2.05, 4.69) is 0 Å². The molecule has 1 aromatic carbocycles. The molecular weight excluding hydrogens is 193 g/mol. The molecule has 2 nitrogen and oxygen atoms in total. The maximum atomic E-state index is 13.1. The van der Waals surface area contributed by atoms with Crippen LogP contribution in [0.5, 0.6) is 5.75 Å². The van der Waals surface area contributed by atoms with Crippen LogP contribution in [0, 0.1) is 11.7 Å². The molecule has 1 aliphatic rings. The number of hydrogen-bond acceptors (Lipinski definition) is 2. The summed E-state index contributed by atoms with van der Waals surface area (Å²) in [6, 6.07) is 4.44. The van der Waals surface area contributed by atoms with Crippen molar-refractivity contribution < 1.29 is 9.13 Å².